The summed E-state index contributed by atoms with van der Waals surface area (Å²) in [6, 6.07) is 6.41. The molecule has 0 heterocycles. The van der Waals surface area contributed by atoms with Crippen molar-refractivity contribution in [2.24, 2.45) is 0 Å². The van der Waals surface area contributed by atoms with Crippen LogP contribution < -0.4 is 0 Å². The number of halogens is 1. The van der Waals surface area contributed by atoms with Crippen molar-refractivity contribution >= 4 is 5.78 Å². The molecular weight excluding hydrogens is 191 g/mol. The average Bonchev–Trinajstić information content (AvgIpc) is 2.22. The molecule has 1 nitrogen and oxygen atoms in total. The number of ketones is 1. The van der Waals surface area contributed by atoms with E-state index in [0.717, 1.165) is 12.8 Å². The summed E-state index contributed by atoms with van der Waals surface area (Å²) >= 11 is 0. The van der Waals surface area contributed by atoms with Crippen LogP contribution in [-0.2, 0) is 11.2 Å². The second-order valence-electron chi connectivity index (χ2n) is 3.49. The molecule has 0 unspecified atom stereocenters. The molecule has 0 radical (unpaired) electrons. The molecule has 0 atom stereocenters. The number of Topliss-reactive ketones (excluding diaryl/α,β-unsaturated/α-hetero) is 1. The van der Waals surface area contributed by atoms with Crippen LogP contribution in [0.4, 0.5) is 4.39 Å². The van der Waals surface area contributed by atoms with E-state index in [1.165, 1.54) is 6.07 Å². The molecule has 0 amide bonds. The molecule has 15 heavy (non-hydrogen) atoms. The van der Waals surface area contributed by atoms with Crippen LogP contribution in [-0.4, -0.2) is 5.78 Å². The molecule has 0 N–H and O–H groups in total. The summed E-state index contributed by atoms with van der Waals surface area (Å²) in [5.41, 5.74) is 0.487. The summed E-state index contributed by atoms with van der Waals surface area (Å²) in [4.78, 5) is 11.4. The van der Waals surface area contributed by atoms with Gasteiger partial charge in [-0.1, -0.05) is 24.3 Å². The van der Waals surface area contributed by atoms with E-state index in [9.17, 15) is 9.18 Å². The second kappa shape index (κ2) is 6.12. The Bertz CT molecular complexity index is 344. The standard InChI is InChI=1S/C13H15FO/c1-2-3-4-8-12(15)10-11-7-5-6-9-13(11)14/h2,5-7,9H,1,3-4,8,10H2. The highest BCUT2D eigenvalue weighted by molar-refractivity contribution is 5.80. The Balaban J connectivity index is 2.44. The Morgan fingerprint density at radius 3 is 2.80 bits per heavy atom. The summed E-state index contributed by atoms with van der Waals surface area (Å²) in [5, 5.41) is 0. The summed E-state index contributed by atoms with van der Waals surface area (Å²) in [5.74, 6) is -0.212. The number of carbonyl (C=O) groups is 1. The van der Waals surface area contributed by atoms with E-state index in [4.69, 9.17) is 0 Å². The Morgan fingerprint density at radius 1 is 1.40 bits per heavy atom. The first kappa shape index (κ1) is 11.6. The van der Waals surface area contributed by atoms with Gasteiger partial charge in [-0.15, -0.1) is 6.58 Å². The fourth-order valence-electron chi connectivity index (χ4n) is 1.39. The zero-order valence-corrected chi connectivity index (χ0v) is 8.71. The molecule has 0 aliphatic rings. The molecule has 0 saturated carbocycles. The van der Waals surface area contributed by atoms with Gasteiger partial charge in [0.25, 0.3) is 0 Å². The molecule has 0 aromatic heterocycles. The van der Waals surface area contributed by atoms with E-state index in [2.05, 4.69) is 6.58 Å². The van der Waals surface area contributed by atoms with Crippen LogP contribution >= 0.6 is 0 Å². The minimum Gasteiger partial charge on any atom is -0.299 e. The van der Waals surface area contributed by atoms with Crippen molar-refractivity contribution in [1.82, 2.24) is 0 Å². The van der Waals surface area contributed by atoms with Gasteiger partial charge >= 0.3 is 0 Å². The minimum absolute atomic E-state index is 0.0851. The van der Waals surface area contributed by atoms with Gasteiger partial charge in [0, 0.05) is 12.8 Å². The summed E-state index contributed by atoms with van der Waals surface area (Å²) in [7, 11) is 0. The van der Waals surface area contributed by atoms with Crippen LogP contribution in [0.5, 0.6) is 0 Å². The van der Waals surface area contributed by atoms with Gasteiger partial charge in [0.1, 0.15) is 11.6 Å². The van der Waals surface area contributed by atoms with E-state index in [-0.39, 0.29) is 18.0 Å². The lowest BCUT2D eigenvalue weighted by atomic mass is 10.0. The zero-order valence-electron chi connectivity index (χ0n) is 8.71. The minimum atomic E-state index is -0.297. The van der Waals surface area contributed by atoms with Crippen LogP contribution in [0.3, 0.4) is 0 Å². The van der Waals surface area contributed by atoms with Gasteiger partial charge in [0.2, 0.25) is 0 Å². The Kier molecular flexibility index (Phi) is 4.75. The van der Waals surface area contributed by atoms with Gasteiger partial charge in [-0.2, -0.15) is 0 Å². The first-order valence-corrected chi connectivity index (χ1v) is 5.10. The monoisotopic (exact) mass is 206 g/mol. The number of unbranched alkanes of at least 4 members (excludes halogenated alkanes) is 1. The molecule has 0 aliphatic carbocycles. The first-order valence-electron chi connectivity index (χ1n) is 5.10. The molecule has 0 spiro atoms. The third-order valence-corrected chi connectivity index (χ3v) is 2.21. The predicted octanol–water partition coefficient (Wildman–Crippen LogP) is 3.29. The van der Waals surface area contributed by atoms with Crippen molar-refractivity contribution in [3.05, 3.63) is 48.3 Å². The van der Waals surface area contributed by atoms with Crippen LogP contribution in [0.2, 0.25) is 0 Å². The first-order chi connectivity index (χ1) is 7.24. The van der Waals surface area contributed by atoms with Crippen molar-refractivity contribution in [3.8, 4) is 0 Å². The Labute approximate surface area is 89.6 Å². The maximum absolute atomic E-state index is 13.2. The van der Waals surface area contributed by atoms with Crippen LogP contribution in [0.25, 0.3) is 0 Å². The van der Waals surface area contributed by atoms with Gasteiger partial charge < -0.3 is 0 Å². The number of carbonyl (C=O) groups excluding carboxylic acids is 1. The lowest BCUT2D eigenvalue weighted by Gasteiger charge is -2.01. The van der Waals surface area contributed by atoms with E-state index in [1.54, 1.807) is 24.3 Å². The Hall–Kier alpha value is -1.44. The average molecular weight is 206 g/mol. The van der Waals surface area contributed by atoms with Crippen LogP contribution in [0, 0.1) is 5.82 Å². The highest BCUT2D eigenvalue weighted by Crippen LogP contribution is 2.09. The van der Waals surface area contributed by atoms with E-state index < -0.39 is 0 Å². The number of benzene rings is 1. The lowest BCUT2D eigenvalue weighted by molar-refractivity contribution is -0.118. The normalized spacial score (nSPS) is 9.93. The highest BCUT2D eigenvalue weighted by atomic mass is 19.1. The van der Waals surface area contributed by atoms with Gasteiger partial charge in [-0.05, 0) is 24.5 Å². The summed E-state index contributed by atoms with van der Waals surface area (Å²) in [6.45, 7) is 3.58. The zero-order chi connectivity index (χ0) is 11.1. The number of hydrogen-bond acceptors (Lipinski definition) is 1. The summed E-state index contributed by atoms with van der Waals surface area (Å²) in [6.07, 6.45) is 4.13. The lowest BCUT2D eigenvalue weighted by Crippen LogP contribution is -2.03. The third kappa shape index (κ3) is 4.07. The molecule has 1 aromatic carbocycles. The van der Waals surface area contributed by atoms with Gasteiger partial charge in [0.05, 0.1) is 0 Å². The largest absolute Gasteiger partial charge is 0.299 e. The van der Waals surface area contributed by atoms with Crippen molar-refractivity contribution in [2.45, 2.75) is 25.7 Å². The number of hydrogen-bond donors (Lipinski definition) is 0. The molecule has 2 heteroatoms. The van der Waals surface area contributed by atoms with Crippen molar-refractivity contribution in [3.63, 3.8) is 0 Å². The SMILES string of the molecule is C=CCCCC(=O)Cc1ccccc1F. The van der Waals surface area contributed by atoms with Gasteiger partial charge in [-0.3, -0.25) is 4.79 Å². The van der Waals surface area contributed by atoms with E-state index in [0.29, 0.717) is 12.0 Å². The molecule has 0 bridgehead atoms. The Morgan fingerprint density at radius 2 is 2.13 bits per heavy atom. The molecule has 1 rings (SSSR count). The van der Waals surface area contributed by atoms with Crippen molar-refractivity contribution < 1.29 is 9.18 Å². The smallest absolute Gasteiger partial charge is 0.137 e. The molecular formula is C13H15FO. The third-order valence-electron chi connectivity index (χ3n) is 2.21. The topological polar surface area (TPSA) is 17.1 Å². The van der Waals surface area contributed by atoms with Crippen LogP contribution in [0.15, 0.2) is 36.9 Å². The number of allylic oxidation sites excluding steroid dienone is 1. The maximum Gasteiger partial charge on any atom is 0.137 e. The molecule has 0 aliphatic heterocycles. The fraction of sp³-hybridized carbons (Fsp3) is 0.308. The molecule has 80 valence electrons. The van der Waals surface area contributed by atoms with E-state index >= 15 is 0 Å². The van der Waals surface area contributed by atoms with Gasteiger partial charge in [0.15, 0.2) is 0 Å². The quantitative estimate of drug-likeness (QED) is 0.515. The van der Waals surface area contributed by atoms with E-state index in [1.807, 2.05) is 0 Å². The second-order valence-corrected chi connectivity index (χ2v) is 3.49. The van der Waals surface area contributed by atoms with Crippen molar-refractivity contribution in [1.29, 1.82) is 0 Å². The molecule has 0 saturated heterocycles. The summed E-state index contributed by atoms with van der Waals surface area (Å²) < 4.78 is 13.2. The molecule has 0 fully saturated rings. The van der Waals surface area contributed by atoms with Crippen LogP contribution in [0.1, 0.15) is 24.8 Å². The molecule has 1 aromatic rings. The van der Waals surface area contributed by atoms with Crippen molar-refractivity contribution in [2.75, 3.05) is 0 Å². The fourth-order valence-corrected chi connectivity index (χ4v) is 1.39. The highest BCUT2D eigenvalue weighted by Gasteiger charge is 2.06. The number of rotatable bonds is 6. The predicted molar refractivity (Wildman–Crippen MR) is 59.2 cm³/mol. The maximum atomic E-state index is 13.2. The van der Waals surface area contributed by atoms with Gasteiger partial charge in [-0.25, -0.2) is 4.39 Å².